The van der Waals surface area contributed by atoms with Gasteiger partial charge in [-0.1, -0.05) is 29.3 Å². The van der Waals surface area contributed by atoms with Crippen LogP contribution in [0.3, 0.4) is 0 Å². The van der Waals surface area contributed by atoms with Crippen molar-refractivity contribution < 1.29 is 18.8 Å². The Morgan fingerprint density at radius 2 is 1.84 bits per heavy atom. The van der Waals surface area contributed by atoms with Gasteiger partial charge in [-0.05, 0) is 31.5 Å². The number of rotatable bonds is 6. The van der Waals surface area contributed by atoms with Gasteiger partial charge in [0.25, 0.3) is 0 Å². The Hall–Kier alpha value is -3.11. The van der Waals surface area contributed by atoms with Gasteiger partial charge in [0.05, 0.1) is 18.1 Å². The molecular formula is C25H25Cl2FN6O3. The van der Waals surface area contributed by atoms with Crippen LogP contribution in [0.1, 0.15) is 43.0 Å². The molecule has 2 fully saturated rings. The van der Waals surface area contributed by atoms with Crippen molar-refractivity contribution in [3.8, 4) is 11.1 Å². The number of nitrogens with one attached hydrogen (secondary N) is 1. The molecule has 1 aliphatic carbocycles. The quantitative estimate of drug-likeness (QED) is 0.374. The molecule has 1 N–H and O–H groups in total. The molecular weight excluding hydrogens is 522 g/mol. The van der Waals surface area contributed by atoms with Crippen LogP contribution in [0.5, 0.6) is 0 Å². The zero-order valence-electron chi connectivity index (χ0n) is 20.5. The van der Waals surface area contributed by atoms with Crippen molar-refractivity contribution in [3.05, 3.63) is 42.1 Å². The molecule has 5 rings (SSSR count). The number of hydrogen-bond donors (Lipinski definition) is 1. The number of alkyl halides is 3. The number of halogens is 3. The minimum Gasteiger partial charge on any atom is -0.348 e. The van der Waals surface area contributed by atoms with Gasteiger partial charge in [-0.15, -0.1) is 0 Å². The Morgan fingerprint density at radius 3 is 2.46 bits per heavy atom. The van der Waals surface area contributed by atoms with Crippen molar-refractivity contribution in [2.24, 2.45) is 0 Å². The highest BCUT2D eigenvalue weighted by molar-refractivity contribution is 6.51. The molecule has 37 heavy (non-hydrogen) atoms. The molecule has 2 amide bonds. The topological polar surface area (TPSA) is 110 Å². The summed E-state index contributed by atoms with van der Waals surface area (Å²) >= 11 is 12.1. The van der Waals surface area contributed by atoms with Gasteiger partial charge in [0.1, 0.15) is 34.1 Å². The number of carbonyl (C=O) groups excluding carboxylic acids is 3. The number of benzene rings is 1. The molecule has 2 aliphatic rings. The number of hydrogen-bond acceptors (Lipinski definition) is 6. The third-order valence-corrected chi connectivity index (χ3v) is 7.84. The van der Waals surface area contributed by atoms with Crippen LogP contribution in [0.4, 0.5) is 4.39 Å². The molecule has 1 saturated carbocycles. The summed E-state index contributed by atoms with van der Waals surface area (Å²) in [5.74, 6) is -0.626. The summed E-state index contributed by atoms with van der Waals surface area (Å²) in [7, 11) is 0. The average Bonchev–Trinajstić information content (AvgIpc) is 3.13. The molecule has 0 bridgehead atoms. The first-order chi connectivity index (χ1) is 17.4. The Labute approximate surface area is 222 Å². The first-order valence-electron chi connectivity index (χ1n) is 11.8. The second kappa shape index (κ2) is 9.02. The summed E-state index contributed by atoms with van der Waals surface area (Å²) in [4.78, 5) is 48.5. The smallest absolute Gasteiger partial charge is 0.246 e. The Morgan fingerprint density at radius 1 is 1.16 bits per heavy atom. The normalized spacial score (nSPS) is 24.3. The largest absolute Gasteiger partial charge is 0.348 e. The number of aryl methyl sites for hydroxylation is 1. The van der Waals surface area contributed by atoms with Gasteiger partial charge in [-0.2, -0.15) is 5.10 Å². The van der Waals surface area contributed by atoms with Gasteiger partial charge >= 0.3 is 0 Å². The lowest BCUT2D eigenvalue weighted by Crippen LogP contribution is -2.56. The molecule has 0 unspecified atom stereocenters. The van der Waals surface area contributed by atoms with E-state index in [4.69, 9.17) is 23.2 Å². The van der Waals surface area contributed by atoms with Gasteiger partial charge in [0.15, 0.2) is 5.78 Å². The van der Waals surface area contributed by atoms with E-state index < -0.39 is 33.9 Å². The number of amides is 2. The molecule has 3 atom stereocenters. The Kier molecular flexibility index (Phi) is 6.23. The lowest BCUT2D eigenvalue weighted by atomic mass is 9.97. The number of carbonyl (C=O) groups is 3. The fraction of sp³-hybridized carbons (Fsp3) is 0.440. The minimum absolute atomic E-state index is 0.143. The molecule has 194 valence electrons. The minimum atomic E-state index is -1.41. The van der Waals surface area contributed by atoms with E-state index >= 15 is 0 Å². The third kappa shape index (κ3) is 4.68. The SMILES string of the molecule is CC(=O)c1nn(CC(=O)N2C[C@H](F)C[C@@]2(C)C(=O)N[C@@H]2CC2(Cl)Cl)c2ccc(-c3cnc(C)nc3)cc12. The fourth-order valence-electron chi connectivity index (χ4n) is 4.78. The monoisotopic (exact) mass is 546 g/mol. The van der Waals surface area contributed by atoms with E-state index in [-0.39, 0.29) is 31.0 Å². The van der Waals surface area contributed by atoms with Gasteiger partial charge in [0.2, 0.25) is 11.8 Å². The maximum absolute atomic E-state index is 14.5. The van der Waals surface area contributed by atoms with E-state index in [9.17, 15) is 18.8 Å². The van der Waals surface area contributed by atoms with Crippen LogP contribution in [-0.2, 0) is 16.1 Å². The molecule has 3 aromatic rings. The van der Waals surface area contributed by atoms with E-state index in [2.05, 4.69) is 20.4 Å². The number of Topliss-reactive ketones (excluding diaryl/α,β-unsaturated/α-hetero) is 1. The number of ketones is 1. The summed E-state index contributed by atoms with van der Waals surface area (Å²) in [6, 6.07) is 4.95. The molecule has 12 heteroatoms. The summed E-state index contributed by atoms with van der Waals surface area (Å²) in [6.45, 7) is 4.22. The van der Waals surface area contributed by atoms with Crippen LogP contribution in [0.15, 0.2) is 30.6 Å². The van der Waals surface area contributed by atoms with E-state index in [0.717, 1.165) is 11.1 Å². The van der Waals surface area contributed by atoms with Crippen LogP contribution in [0.2, 0.25) is 0 Å². The molecule has 1 aliphatic heterocycles. The van der Waals surface area contributed by atoms with Crippen LogP contribution in [-0.4, -0.2) is 70.9 Å². The molecule has 1 aromatic carbocycles. The van der Waals surface area contributed by atoms with E-state index in [1.165, 1.54) is 23.4 Å². The van der Waals surface area contributed by atoms with Crippen molar-refractivity contribution in [3.63, 3.8) is 0 Å². The van der Waals surface area contributed by atoms with E-state index in [0.29, 0.717) is 23.1 Å². The van der Waals surface area contributed by atoms with E-state index in [1.807, 2.05) is 6.07 Å². The predicted octanol–water partition coefficient (Wildman–Crippen LogP) is 3.40. The standard InChI is InChI=1S/C25H25Cl2FN6O3/c1-13(35)22-18-6-15(16-9-29-14(2)30-10-16)4-5-19(18)34(32-22)12-21(36)33-11-17(28)7-24(33,3)23(37)31-20-8-25(20,26)27/h4-6,9-10,17,20H,7-8,11-12H2,1-3H3,(H,31,37)/t17-,20-,24+/m1/s1. The second-order valence-corrected chi connectivity index (χ2v) is 11.4. The Bertz CT molecular complexity index is 1430. The van der Waals surface area contributed by atoms with Crippen molar-refractivity contribution in [1.82, 2.24) is 30.0 Å². The van der Waals surface area contributed by atoms with Crippen molar-refractivity contribution in [2.75, 3.05) is 6.54 Å². The number of aromatic nitrogens is 4. The van der Waals surface area contributed by atoms with Gasteiger partial charge in [-0.3, -0.25) is 19.1 Å². The lowest BCUT2D eigenvalue weighted by molar-refractivity contribution is -0.144. The third-order valence-electron chi connectivity index (χ3n) is 7.00. The predicted molar refractivity (Wildman–Crippen MR) is 136 cm³/mol. The van der Waals surface area contributed by atoms with Gasteiger partial charge < -0.3 is 10.2 Å². The molecule has 1 saturated heterocycles. The summed E-state index contributed by atoms with van der Waals surface area (Å²) in [5, 5.41) is 7.69. The number of likely N-dealkylation sites (tertiary alicyclic amines) is 1. The first-order valence-corrected chi connectivity index (χ1v) is 12.6. The number of nitrogens with zero attached hydrogens (tertiary/aromatic N) is 5. The molecule has 0 spiro atoms. The van der Waals surface area contributed by atoms with Gasteiger partial charge in [0, 0.05) is 43.1 Å². The average molecular weight is 547 g/mol. The zero-order chi connectivity index (χ0) is 26.7. The maximum atomic E-state index is 14.5. The van der Waals surface area contributed by atoms with Crippen molar-refractivity contribution in [1.29, 1.82) is 0 Å². The molecule has 0 radical (unpaired) electrons. The zero-order valence-corrected chi connectivity index (χ0v) is 22.0. The van der Waals surface area contributed by atoms with Crippen LogP contribution in [0.25, 0.3) is 22.0 Å². The van der Waals surface area contributed by atoms with Crippen molar-refractivity contribution in [2.45, 2.75) is 62.2 Å². The van der Waals surface area contributed by atoms with Crippen LogP contribution >= 0.6 is 23.2 Å². The summed E-state index contributed by atoms with van der Waals surface area (Å²) < 4.78 is 14.9. The molecule has 9 nitrogen and oxygen atoms in total. The van der Waals surface area contributed by atoms with Gasteiger partial charge in [-0.25, -0.2) is 14.4 Å². The lowest BCUT2D eigenvalue weighted by Gasteiger charge is -2.33. The highest BCUT2D eigenvalue weighted by Crippen LogP contribution is 2.47. The molecule has 2 aromatic heterocycles. The van der Waals surface area contributed by atoms with Crippen molar-refractivity contribution >= 4 is 51.7 Å². The van der Waals surface area contributed by atoms with E-state index in [1.54, 1.807) is 31.5 Å². The highest BCUT2D eigenvalue weighted by atomic mass is 35.5. The summed E-state index contributed by atoms with van der Waals surface area (Å²) in [6.07, 6.45) is 2.26. The molecule has 3 heterocycles. The van der Waals surface area contributed by atoms with Crippen LogP contribution in [0, 0.1) is 6.92 Å². The number of fused-ring (bicyclic) bond motifs is 1. The van der Waals surface area contributed by atoms with Crippen LogP contribution < -0.4 is 5.32 Å². The summed E-state index contributed by atoms with van der Waals surface area (Å²) in [5.41, 5.74) is 0.919. The highest BCUT2D eigenvalue weighted by Gasteiger charge is 2.56. The first kappa shape index (κ1) is 25.5. The fourth-order valence-corrected chi connectivity index (χ4v) is 5.19. The maximum Gasteiger partial charge on any atom is 0.246 e. The second-order valence-electron chi connectivity index (χ2n) is 9.88. The Balaban J connectivity index is 1.43.